The van der Waals surface area contributed by atoms with E-state index in [-0.39, 0.29) is 6.42 Å². The molecule has 0 rings (SSSR count). The zero-order valence-corrected chi connectivity index (χ0v) is 9.26. The normalized spacial score (nSPS) is 12.0. The smallest absolute Gasteiger partial charge is 0.171 e. The van der Waals surface area contributed by atoms with E-state index in [0.29, 0.717) is 0 Å². The molecule has 0 amide bonds. The maximum absolute atomic E-state index is 11.8. The molecule has 0 bridgehead atoms. The summed E-state index contributed by atoms with van der Waals surface area (Å²) < 4.78 is 35.5. The van der Waals surface area contributed by atoms with E-state index < -0.39 is 11.6 Å². The maximum Gasteiger partial charge on any atom is 0.393 e. The van der Waals surface area contributed by atoms with Crippen LogP contribution in [0.2, 0.25) is 0 Å². The molecule has 0 spiro atoms. The number of hydrogen-bond donors (Lipinski definition) is 0. The van der Waals surface area contributed by atoms with Gasteiger partial charge in [0.2, 0.25) is 0 Å². The summed E-state index contributed by atoms with van der Waals surface area (Å²) in [5.74, 6) is 0. The van der Waals surface area contributed by atoms with Gasteiger partial charge >= 0.3 is 6.18 Å². The number of rotatable bonds is 2. The lowest BCUT2D eigenvalue weighted by atomic mass is 9.90. The predicted octanol–water partition coefficient (Wildman–Crippen LogP) is 4.79. The zero-order chi connectivity index (χ0) is 11.1. The van der Waals surface area contributed by atoms with Crippen LogP contribution in [0.15, 0.2) is 0 Å². The SMILES string of the molecule is CCC(C)(C)C(F)(F)F.CCCC. The van der Waals surface area contributed by atoms with Gasteiger partial charge in [-0.2, -0.15) is 13.2 Å². The van der Waals surface area contributed by atoms with E-state index in [1.165, 1.54) is 33.6 Å². The van der Waals surface area contributed by atoms with Gasteiger partial charge in [0.05, 0.1) is 5.41 Å². The Morgan fingerprint density at radius 1 is 0.846 bits per heavy atom. The average molecular weight is 198 g/mol. The fraction of sp³-hybridized carbons (Fsp3) is 1.00. The van der Waals surface area contributed by atoms with Crippen molar-refractivity contribution in [3.63, 3.8) is 0 Å². The first-order valence-corrected chi connectivity index (χ1v) is 4.79. The van der Waals surface area contributed by atoms with Crippen molar-refractivity contribution in [2.75, 3.05) is 0 Å². The molecule has 0 aliphatic rings. The van der Waals surface area contributed by atoms with E-state index in [9.17, 15) is 13.2 Å². The van der Waals surface area contributed by atoms with E-state index in [1.54, 1.807) is 0 Å². The summed E-state index contributed by atoms with van der Waals surface area (Å²) in [5.41, 5.74) is -1.52. The summed E-state index contributed by atoms with van der Waals surface area (Å²) in [5, 5.41) is 0. The molecule has 0 aromatic heterocycles. The minimum Gasteiger partial charge on any atom is -0.171 e. The van der Waals surface area contributed by atoms with Crippen LogP contribution in [0.5, 0.6) is 0 Å². The molecule has 0 aliphatic carbocycles. The second-order valence-corrected chi connectivity index (χ2v) is 3.74. The van der Waals surface area contributed by atoms with E-state index in [4.69, 9.17) is 0 Å². The Bertz CT molecular complexity index is 112. The Kier molecular flexibility index (Phi) is 7.37. The van der Waals surface area contributed by atoms with Gasteiger partial charge in [0, 0.05) is 0 Å². The van der Waals surface area contributed by atoms with Crippen molar-refractivity contribution in [3.8, 4) is 0 Å². The third kappa shape index (κ3) is 6.91. The van der Waals surface area contributed by atoms with Gasteiger partial charge in [-0.05, 0) is 6.42 Å². The van der Waals surface area contributed by atoms with Crippen LogP contribution in [0.1, 0.15) is 53.9 Å². The van der Waals surface area contributed by atoms with Crippen LogP contribution in [0.4, 0.5) is 13.2 Å². The first-order chi connectivity index (χ1) is 5.72. The van der Waals surface area contributed by atoms with Crippen LogP contribution in [0.25, 0.3) is 0 Å². The van der Waals surface area contributed by atoms with Crippen LogP contribution in [-0.4, -0.2) is 6.18 Å². The molecule has 13 heavy (non-hydrogen) atoms. The van der Waals surface area contributed by atoms with Gasteiger partial charge in [-0.25, -0.2) is 0 Å². The van der Waals surface area contributed by atoms with Gasteiger partial charge < -0.3 is 0 Å². The molecule has 0 radical (unpaired) electrons. The van der Waals surface area contributed by atoms with Gasteiger partial charge in [-0.3, -0.25) is 0 Å². The Balaban J connectivity index is 0. The molecule has 0 aliphatic heterocycles. The lowest BCUT2D eigenvalue weighted by Crippen LogP contribution is -2.30. The standard InChI is InChI=1S/C6H11F3.C4H10/c1-4-5(2,3)6(7,8)9;1-3-4-2/h4H2,1-3H3;3-4H2,1-2H3. The highest BCUT2D eigenvalue weighted by molar-refractivity contribution is 4.74. The Labute approximate surface area is 79.5 Å². The molecule has 82 valence electrons. The molecule has 0 aromatic rings. The molecule has 0 saturated carbocycles. The molecule has 0 nitrogen and oxygen atoms in total. The summed E-state index contributed by atoms with van der Waals surface area (Å²) >= 11 is 0. The molecule has 0 fully saturated rings. The van der Waals surface area contributed by atoms with Crippen molar-refractivity contribution < 1.29 is 13.2 Å². The summed E-state index contributed by atoms with van der Waals surface area (Å²) in [6.07, 6.45) is -1.28. The molecule has 0 N–H and O–H groups in total. The average Bonchev–Trinajstić information content (AvgIpc) is 2.03. The van der Waals surface area contributed by atoms with Gasteiger partial charge in [0.1, 0.15) is 0 Å². The number of hydrogen-bond acceptors (Lipinski definition) is 0. The first kappa shape index (κ1) is 15.3. The first-order valence-electron chi connectivity index (χ1n) is 4.79. The summed E-state index contributed by atoms with van der Waals surface area (Å²) in [6.45, 7) is 8.30. The third-order valence-corrected chi connectivity index (χ3v) is 2.15. The summed E-state index contributed by atoms with van der Waals surface area (Å²) in [4.78, 5) is 0. The maximum atomic E-state index is 11.8. The lowest BCUT2D eigenvalue weighted by molar-refractivity contribution is -0.212. The largest absolute Gasteiger partial charge is 0.393 e. The Hall–Kier alpha value is -0.210. The van der Waals surface area contributed by atoms with E-state index in [2.05, 4.69) is 13.8 Å². The van der Waals surface area contributed by atoms with Crippen LogP contribution in [0, 0.1) is 5.41 Å². The highest BCUT2D eigenvalue weighted by atomic mass is 19.4. The molecule has 0 atom stereocenters. The predicted molar refractivity (Wildman–Crippen MR) is 50.7 cm³/mol. The van der Waals surface area contributed by atoms with Crippen LogP contribution in [0.3, 0.4) is 0 Å². The highest BCUT2D eigenvalue weighted by Gasteiger charge is 2.45. The molecule has 0 saturated heterocycles. The molecule has 0 unspecified atom stereocenters. The molecular weight excluding hydrogens is 177 g/mol. The van der Waals surface area contributed by atoms with Crippen LogP contribution >= 0.6 is 0 Å². The second kappa shape index (κ2) is 6.28. The topological polar surface area (TPSA) is 0 Å². The quantitative estimate of drug-likeness (QED) is 0.598. The van der Waals surface area contributed by atoms with Crippen molar-refractivity contribution in [3.05, 3.63) is 0 Å². The number of halogens is 3. The van der Waals surface area contributed by atoms with Gasteiger partial charge in [0.25, 0.3) is 0 Å². The van der Waals surface area contributed by atoms with Crippen LogP contribution < -0.4 is 0 Å². The lowest BCUT2D eigenvalue weighted by Gasteiger charge is -2.25. The van der Waals surface area contributed by atoms with Crippen molar-refractivity contribution in [1.82, 2.24) is 0 Å². The second-order valence-electron chi connectivity index (χ2n) is 3.74. The fourth-order valence-electron chi connectivity index (χ4n) is 0.200. The molecular formula is C10H21F3. The van der Waals surface area contributed by atoms with E-state index >= 15 is 0 Å². The minimum atomic E-state index is -4.05. The van der Waals surface area contributed by atoms with E-state index in [0.717, 1.165) is 0 Å². The number of unbranched alkanes of at least 4 members (excludes halogenated alkanes) is 1. The zero-order valence-electron chi connectivity index (χ0n) is 9.26. The fourth-order valence-corrected chi connectivity index (χ4v) is 0.200. The van der Waals surface area contributed by atoms with Gasteiger partial charge in [-0.1, -0.05) is 47.5 Å². The molecule has 3 heteroatoms. The monoisotopic (exact) mass is 198 g/mol. The molecule has 0 heterocycles. The third-order valence-electron chi connectivity index (χ3n) is 2.15. The Morgan fingerprint density at radius 3 is 1.15 bits per heavy atom. The van der Waals surface area contributed by atoms with Crippen molar-refractivity contribution in [2.45, 2.75) is 60.1 Å². The summed E-state index contributed by atoms with van der Waals surface area (Å²) in [7, 11) is 0. The summed E-state index contributed by atoms with van der Waals surface area (Å²) in [6, 6.07) is 0. The minimum absolute atomic E-state index is 0.135. The number of alkyl halides is 3. The molecule has 0 aromatic carbocycles. The highest BCUT2D eigenvalue weighted by Crippen LogP contribution is 2.39. The van der Waals surface area contributed by atoms with Gasteiger partial charge in [-0.15, -0.1) is 0 Å². The van der Waals surface area contributed by atoms with Crippen LogP contribution in [-0.2, 0) is 0 Å². The Morgan fingerprint density at radius 2 is 1.15 bits per heavy atom. The van der Waals surface area contributed by atoms with Crippen molar-refractivity contribution in [2.24, 2.45) is 5.41 Å². The van der Waals surface area contributed by atoms with E-state index in [1.807, 2.05) is 0 Å². The van der Waals surface area contributed by atoms with Gasteiger partial charge in [0.15, 0.2) is 0 Å². The van der Waals surface area contributed by atoms with Crippen molar-refractivity contribution in [1.29, 1.82) is 0 Å². The van der Waals surface area contributed by atoms with Crippen molar-refractivity contribution >= 4 is 0 Å².